The monoisotopic (exact) mass is 311 g/mol. The maximum atomic E-state index is 4.52. The van der Waals surface area contributed by atoms with Crippen molar-refractivity contribution in [3.05, 3.63) is 48.3 Å². The minimum atomic E-state index is 0.420. The number of aromatic nitrogens is 6. The Morgan fingerprint density at radius 2 is 2.13 bits per heavy atom. The standard InChI is InChI=1S/C16H21N7/c1-12(11-23-14(3)7-13(2)21-23)8-18-15-9-17-10-16(20-15)22-6-4-5-19-22/h4-7,9-10,12H,8,11H2,1-3H3,(H,18,20). The molecule has 3 heterocycles. The van der Waals surface area contributed by atoms with E-state index < -0.39 is 0 Å². The summed E-state index contributed by atoms with van der Waals surface area (Å²) in [6, 6.07) is 3.96. The van der Waals surface area contributed by atoms with Crippen LogP contribution in [0, 0.1) is 19.8 Å². The van der Waals surface area contributed by atoms with Crippen LogP contribution in [0.15, 0.2) is 36.9 Å². The largest absolute Gasteiger partial charge is 0.368 e. The first kappa shape index (κ1) is 15.2. The van der Waals surface area contributed by atoms with E-state index in [1.165, 1.54) is 5.69 Å². The molecule has 3 aromatic rings. The zero-order valence-corrected chi connectivity index (χ0v) is 13.6. The smallest absolute Gasteiger partial charge is 0.173 e. The summed E-state index contributed by atoms with van der Waals surface area (Å²) in [6.45, 7) is 7.96. The van der Waals surface area contributed by atoms with E-state index in [2.05, 4.69) is 45.4 Å². The van der Waals surface area contributed by atoms with Gasteiger partial charge in [0.2, 0.25) is 0 Å². The normalized spacial score (nSPS) is 12.3. The lowest BCUT2D eigenvalue weighted by atomic mass is 10.2. The molecule has 1 unspecified atom stereocenters. The number of nitrogens with one attached hydrogen (secondary N) is 1. The highest BCUT2D eigenvalue weighted by atomic mass is 15.3. The van der Waals surface area contributed by atoms with Crippen molar-refractivity contribution >= 4 is 5.82 Å². The van der Waals surface area contributed by atoms with Gasteiger partial charge in [0.1, 0.15) is 5.82 Å². The molecule has 1 N–H and O–H groups in total. The molecule has 0 aromatic carbocycles. The van der Waals surface area contributed by atoms with Crippen molar-refractivity contribution in [2.75, 3.05) is 11.9 Å². The van der Waals surface area contributed by atoms with Gasteiger partial charge in [-0.1, -0.05) is 6.92 Å². The third-order valence-electron chi connectivity index (χ3n) is 3.58. The molecule has 0 saturated carbocycles. The van der Waals surface area contributed by atoms with Crippen LogP contribution >= 0.6 is 0 Å². The van der Waals surface area contributed by atoms with Crippen molar-refractivity contribution in [1.29, 1.82) is 0 Å². The highest BCUT2D eigenvalue weighted by Crippen LogP contribution is 2.09. The van der Waals surface area contributed by atoms with Gasteiger partial charge >= 0.3 is 0 Å². The van der Waals surface area contributed by atoms with Crippen molar-refractivity contribution in [3.8, 4) is 5.82 Å². The number of anilines is 1. The van der Waals surface area contributed by atoms with Gasteiger partial charge in [0.05, 0.1) is 18.1 Å². The third kappa shape index (κ3) is 3.74. The lowest BCUT2D eigenvalue weighted by Crippen LogP contribution is -2.19. The predicted molar refractivity (Wildman–Crippen MR) is 88.5 cm³/mol. The lowest BCUT2D eigenvalue weighted by molar-refractivity contribution is 0.458. The first-order valence-electron chi connectivity index (χ1n) is 7.69. The topological polar surface area (TPSA) is 73.5 Å². The molecule has 0 aliphatic heterocycles. The van der Waals surface area contributed by atoms with Gasteiger partial charge in [-0.2, -0.15) is 10.2 Å². The molecule has 0 spiro atoms. The van der Waals surface area contributed by atoms with Crippen molar-refractivity contribution in [3.63, 3.8) is 0 Å². The van der Waals surface area contributed by atoms with E-state index in [4.69, 9.17) is 0 Å². The maximum absolute atomic E-state index is 4.52. The molecule has 0 fully saturated rings. The highest BCUT2D eigenvalue weighted by Gasteiger charge is 2.08. The fraction of sp³-hybridized carbons (Fsp3) is 0.375. The van der Waals surface area contributed by atoms with Gasteiger partial charge < -0.3 is 5.32 Å². The second-order valence-corrected chi connectivity index (χ2v) is 5.81. The van der Waals surface area contributed by atoms with Crippen LogP contribution in [0.5, 0.6) is 0 Å². The van der Waals surface area contributed by atoms with Crippen molar-refractivity contribution in [2.45, 2.75) is 27.3 Å². The summed E-state index contributed by atoms with van der Waals surface area (Å²) in [5.74, 6) is 1.87. The minimum absolute atomic E-state index is 0.420. The van der Waals surface area contributed by atoms with E-state index in [1.54, 1.807) is 23.3 Å². The Morgan fingerprint density at radius 3 is 2.83 bits per heavy atom. The fourth-order valence-electron chi connectivity index (χ4n) is 2.45. The molecule has 3 rings (SSSR count). The number of rotatable bonds is 6. The summed E-state index contributed by atoms with van der Waals surface area (Å²) < 4.78 is 3.74. The summed E-state index contributed by atoms with van der Waals surface area (Å²) in [7, 11) is 0. The Labute approximate surface area is 135 Å². The summed E-state index contributed by atoms with van der Waals surface area (Å²) >= 11 is 0. The number of hydrogen-bond acceptors (Lipinski definition) is 5. The van der Waals surface area contributed by atoms with Gasteiger partial charge in [-0.05, 0) is 31.9 Å². The van der Waals surface area contributed by atoms with Gasteiger partial charge in [0, 0.05) is 31.2 Å². The van der Waals surface area contributed by atoms with Gasteiger partial charge in [0.15, 0.2) is 5.82 Å². The third-order valence-corrected chi connectivity index (χ3v) is 3.58. The average molecular weight is 311 g/mol. The zero-order chi connectivity index (χ0) is 16.2. The number of aryl methyl sites for hydroxylation is 2. The maximum Gasteiger partial charge on any atom is 0.173 e. The Hall–Kier alpha value is -2.70. The quantitative estimate of drug-likeness (QED) is 0.755. The van der Waals surface area contributed by atoms with Crippen LogP contribution in [0.1, 0.15) is 18.3 Å². The van der Waals surface area contributed by atoms with Gasteiger partial charge in [-0.15, -0.1) is 0 Å². The molecule has 0 saturated heterocycles. The lowest BCUT2D eigenvalue weighted by Gasteiger charge is -2.14. The molecule has 0 aliphatic rings. The molecule has 7 heteroatoms. The van der Waals surface area contributed by atoms with Crippen molar-refractivity contribution in [1.82, 2.24) is 29.5 Å². The van der Waals surface area contributed by atoms with E-state index in [0.717, 1.165) is 24.6 Å². The van der Waals surface area contributed by atoms with Crippen LogP contribution in [-0.4, -0.2) is 36.1 Å². The Bertz CT molecular complexity index is 761. The van der Waals surface area contributed by atoms with Crippen LogP contribution < -0.4 is 5.32 Å². The molecule has 0 amide bonds. The molecule has 0 radical (unpaired) electrons. The van der Waals surface area contributed by atoms with Crippen LogP contribution in [0.2, 0.25) is 0 Å². The second kappa shape index (κ2) is 6.60. The summed E-state index contributed by atoms with van der Waals surface area (Å²) in [6.07, 6.45) is 6.98. The number of hydrogen-bond donors (Lipinski definition) is 1. The van der Waals surface area contributed by atoms with E-state index >= 15 is 0 Å². The highest BCUT2D eigenvalue weighted by molar-refractivity contribution is 5.35. The van der Waals surface area contributed by atoms with E-state index in [0.29, 0.717) is 11.7 Å². The summed E-state index contributed by atoms with van der Waals surface area (Å²) in [5, 5.41) is 12.0. The van der Waals surface area contributed by atoms with Crippen LogP contribution in [0.25, 0.3) is 5.82 Å². The van der Waals surface area contributed by atoms with E-state index in [9.17, 15) is 0 Å². The molecule has 0 aliphatic carbocycles. The van der Waals surface area contributed by atoms with E-state index in [-0.39, 0.29) is 0 Å². The first-order valence-corrected chi connectivity index (χ1v) is 7.69. The molecule has 0 bridgehead atoms. The molecule has 7 nitrogen and oxygen atoms in total. The molecule has 3 aromatic heterocycles. The van der Waals surface area contributed by atoms with Gasteiger partial charge in [0.25, 0.3) is 0 Å². The molecular formula is C16H21N7. The number of nitrogens with zero attached hydrogens (tertiary/aromatic N) is 6. The molecule has 1 atom stereocenters. The summed E-state index contributed by atoms with van der Waals surface area (Å²) in [4.78, 5) is 8.74. The predicted octanol–water partition coefficient (Wildman–Crippen LogP) is 2.22. The average Bonchev–Trinajstić information content (AvgIpc) is 3.16. The van der Waals surface area contributed by atoms with Gasteiger partial charge in [-0.25, -0.2) is 9.67 Å². The Kier molecular flexibility index (Phi) is 4.36. The molecular weight excluding hydrogens is 290 g/mol. The zero-order valence-electron chi connectivity index (χ0n) is 13.6. The van der Waals surface area contributed by atoms with Gasteiger partial charge in [-0.3, -0.25) is 9.67 Å². The SMILES string of the molecule is Cc1cc(C)n(CC(C)CNc2cncc(-n3cccn3)n2)n1. The fourth-order valence-corrected chi connectivity index (χ4v) is 2.45. The Balaban J connectivity index is 1.60. The van der Waals surface area contributed by atoms with Crippen LogP contribution in [-0.2, 0) is 6.54 Å². The van der Waals surface area contributed by atoms with E-state index in [1.807, 2.05) is 23.9 Å². The van der Waals surface area contributed by atoms with Crippen LogP contribution in [0.3, 0.4) is 0 Å². The van der Waals surface area contributed by atoms with Crippen LogP contribution in [0.4, 0.5) is 5.82 Å². The van der Waals surface area contributed by atoms with Crippen molar-refractivity contribution < 1.29 is 0 Å². The minimum Gasteiger partial charge on any atom is -0.368 e. The Morgan fingerprint density at radius 1 is 1.26 bits per heavy atom. The first-order chi connectivity index (χ1) is 11.1. The molecule has 120 valence electrons. The van der Waals surface area contributed by atoms with Crippen molar-refractivity contribution in [2.24, 2.45) is 5.92 Å². The molecule has 23 heavy (non-hydrogen) atoms. The summed E-state index contributed by atoms with van der Waals surface area (Å²) in [5.41, 5.74) is 2.25. The second-order valence-electron chi connectivity index (χ2n) is 5.81.